The number of rotatable bonds is 5. The van der Waals surface area contributed by atoms with Gasteiger partial charge in [0.1, 0.15) is 17.4 Å². The molecule has 0 aliphatic carbocycles. The molecular weight excluding hydrogens is 292 g/mol. The SMILES string of the molecule is CC(C)Oc1ccc(NC=C(C#N)c2nn[nH]n2)cc1Cl. The third-order valence-corrected chi connectivity index (χ3v) is 2.68. The molecule has 2 N–H and O–H groups in total. The smallest absolute Gasteiger partial charge is 0.216 e. The van der Waals surface area contributed by atoms with E-state index in [0.717, 1.165) is 0 Å². The van der Waals surface area contributed by atoms with Crippen LogP contribution in [-0.2, 0) is 0 Å². The number of allylic oxidation sites excluding steroid dienone is 1. The van der Waals surface area contributed by atoms with Gasteiger partial charge in [-0.15, -0.1) is 10.2 Å². The van der Waals surface area contributed by atoms with Crippen molar-refractivity contribution in [2.24, 2.45) is 0 Å². The van der Waals surface area contributed by atoms with Gasteiger partial charge >= 0.3 is 0 Å². The van der Waals surface area contributed by atoms with Crippen LogP contribution in [0.5, 0.6) is 5.75 Å². The number of aromatic amines is 1. The Morgan fingerprint density at radius 2 is 2.33 bits per heavy atom. The molecule has 1 aromatic heterocycles. The van der Waals surface area contributed by atoms with Crippen LogP contribution in [0, 0.1) is 11.3 Å². The minimum atomic E-state index is 0.0460. The Labute approximate surface area is 126 Å². The van der Waals surface area contributed by atoms with E-state index in [1.807, 2.05) is 19.9 Å². The zero-order valence-electron chi connectivity index (χ0n) is 11.5. The number of H-pyrrole nitrogens is 1. The molecule has 0 atom stereocenters. The molecule has 0 unspecified atom stereocenters. The van der Waals surface area contributed by atoms with E-state index in [9.17, 15) is 0 Å². The van der Waals surface area contributed by atoms with Crippen molar-refractivity contribution in [3.8, 4) is 11.8 Å². The molecule has 1 aromatic carbocycles. The highest BCUT2D eigenvalue weighted by molar-refractivity contribution is 6.32. The van der Waals surface area contributed by atoms with Gasteiger partial charge in [0.05, 0.1) is 11.1 Å². The molecule has 7 nitrogen and oxygen atoms in total. The van der Waals surface area contributed by atoms with Crippen LogP contribution >= 0.6 is 11.6 Å². The molecule has 108 valence electrons. The molecule has 0 spiro atoms. The summed E-state index contributed by atoms with van der Waals surface area (Å²) in [6, 6.07) is 7.25. The average Bonchev–Trinajstić information content (AvgIpc) is 2.96. The van der Waals surface area contributed by atoms with Gasteiger partial charge in [0, 0.05) is 11.9 Å². The zero-order chi connectivity index (χ0) is 15.2. The van der Waals surface area contributed by atoms with Crippen molar-refractivity contribution < 1.29 is 4.74 Å². The maximum Gasteiger partial charge on any atom is 0.216 e. The Morgan fingerprint density at radius 3 is 2.90 bits per heavy atom. The lowest BCUT2D eigenvalue weighted by Gasteiger charge is -2.12. The van der Waals surface area contributed by atoms with Crippen LogP contribution in [0.4, 0.5) is 5.69 Å². The van der Waals surface area contributed by atoms with Gasteiger partial charge in [0.15, 0.2) is 0 Å². The lowest BCUT2D eigenvalue weighted by Crippen LogP contribution is -2.05. The van der Waals surface area contributed by atoms with Crippen molar-refractivity contribution in [1.82, 2.24) is 20.6 Å². The van der Waals surface area contributed by atoms with E-state index in [-0.39, 0.29) is 17.5 Å². The van der Waals surface area contributed by atoms with E-state index < -0.39 is 0 Å². The van der Waals surface area contributed by atoms with Crippen molar-refractivity contribution in [3.63, 3.8) is 0 Å². The van der Waals surface area contributed by atoms with E-state index in [4.69, 9.17) is 21.6 Å². The maximum atomic E-state index is 9.05. The Bertz CT molecular complexity index is 674. The quantitative estimate of drug-likeness (QED) is 0.824. The Balaban J connectivity index is 2.13. The lowest BCUT2D eigenvalue weighted by molar-refractivity contribution is 0.242. The van der Waals surface area contributed by atoms with Crippen LogP contribution in [0.15, 0.2) is 24.4 Å². The second-order valence-corrected chi connectivity index (χ2v) is 4.77. The van der Waals surface area contributed by atoms with Crippen molar-refractivity contribution in [1.29, 1.82) is 5.26 Å². The minimum Gasteiger partial charge on any atom is -0.489 e. The number of hydrogen-bond acceptors (Lipinski definition) is 6. The van der Waals surface area contributed by atoms with E-state index in [0.29, 0.717) is 16.5 Å². The number of benzene rings is 1. The molecule has 2 rings (SSSR count). The maximum absolute atomic E-state index is 9.05. The molecule has 8 heteroatoms. The molecule has 0 amide bonds. The topological polar surface area (TPSA) is 99.5 Å². The summed E-state index contributed by atoms with van der Waals surface area (Å²) in [5, 5.41) is 25.7. The third-order valence-electron chi connectivity index (χ3n) is 2.38. The van der Waals surface area contributed by atoms with Crippen LogP contribution in [0.1, 0.15) is 19.7 Å². The number of ether oxygens (including phenoxy) is 1. The van der Waals surface area contributed by atoms with Crippen LogP contribution < -0.4 is 10.1 Å². The second kappa shape index (κ2) is 6.72. The number of hydrogen-bond donors (Lipinski definition) is 2. The van der Waals surface area contributed by atoms with Gasteiger partial charge in [-0.2, -0.15) is 10.5 Å². The Morgan fingerprint density at radius 1 is 1.52 bits per heavy atom. The van der Waals surface area contributed by atoms with Gasteiger partial charge in [-0.05, 0) is 37.3 Å². The summed E-state index contributed by atoms with van der Waals surface area (Å²) in [6.07, 6.45) is 1.53. The number of nitrogens with zero attached hydrogens (tertiary/aromatic N) is 4. The third kappa shape index (κ3) is 3.94. The van der Waals surface area contributed by atoms with Crippen LogP contribution in [0.2, 0.25) is 5.02 Å². The first-order valence-corrected chi connectivity index (χ1v) is 6.54. The number of halogens is 1. The molecule has 0 fully saturated rings. The first-order chi connectivity index (χ1) is 10.1. The van der Waals surface area contributed by atoms with Crippen molar-refractivity contribution in [2.75, 3.05) is 5.32 Å². The largest absolute Gasteiger partial charge is 0.489 e. The summed E-state index contributed by atoms with van der Waals surface area (Å²) in [5.41, 5.74) is 0.967. The van der Waals surface area contributed by atoms with Gasteiger partial charge in [-0.3, -0.25) is 0 Å². The Kier molecular flexibility index (Phi) is 4.74. The molecule has 0 saturated heterocycles. The number of anilines is 1. The van der Waals surface area contributed by atoms with Gasteiger partial charge < -0.3 is 10.1 Å². The highest BCUT2D eigenvalue weighted by Crippen LogP contribution is 2.28. The predicted molar refractivity (Wildman–Crippen MR) is 78.6 cm³/mol. The molecule has 0 aliphatic rings. The monoisotopic (exact) mass is 304 g/mol. The van der Waals surface area contributed by atoms with Gasteiger partial charge in [-0.25, -0.2) is 0 Å². The fraction of sp³-hybridized carbons (Fsp3) is 0.231. The van der Waals surface area contributed by atoms with Crippen molar-refractivity contribution in [2.45, 2.75) is 20.0 Å². The lowest BCUT2D eigenvalue weighted by atomic mass is 10.2. The second-order valence-electron chi connectivity index (χ2n) is 4.36. The number of nitrogens with one attached hydrogen (secondary N) is 2. The van der Waals surface area contributed by atoms with E-state index >= 15 is 0 Å². The summed E-state index contributed by atoms with van der Waals surface area (Å²) in [7, 11) is 0. The highest BCUT2D eigenvalue weighted by atomic mass is 35.5. The summed E-state index contributed by atoms with van der Waals surface area (Å²) >= 11 is 6.13. The normalized spacial score (nSPS) is 11.3. The average molecular weight is 305 g/mol. The molecule has 0 bridgehead atoms. The van der Waals surface area contributed by atoms with Crippen LogP contribution in [0.25, 0.3) is 5.57 Å². The van der Waals surface area contributed by atoms with Gasteiger partial charge in [0.25, 0.3) is 0 Å². The minimum absolute atomic E-state index is 0.0460. The van der Waals surface area contributed by atoms with E-state index in [1.54, 1.807) is 18.2 Å². The molecule has 0 radical (unpaired) electrons. The highest BCUT2D eigenvalue weighted by Gasteiger charge is 2.07. The summed E-state index contributed by atoms with van der Waals surface area (Å²) in [6.45, 7) is 3.85. The number of aromatic nitrogens is 4. The van der Waals surface area contributed by atoms with E-state index in [1.165, 1.54) is 6.20 Å². The fourth-order valence-corrected chi connectivity index (χ4v) is 1.74. The number of tetrazole rings is 1. The summed E-state index contributed by atoms with van der Waals surface area (Å²) in [4.78, 5) is 0. The molecule has 21 heavy (non-hydrogen) atoms. The first kappa shape index (κ1) is 14.8. The number of nitriles is 1. The summed E-state index contributed by atoms with van der Waals surface area (Å²) < 4.78 is 5.55. The van der Waals surface area contributed by atoms with E-state index in [2.05, 4.69) is 25.9 Å². The Hall–Kier alpha value is -2.59. The fourth-order valence-electron chi connectivity index (χ4n) is 1.52. The molecule has 1 heterocycles. The molecule has 0 saturated carbocycles. The molecular formula is C13H13ClN6O. The predicted octanol–water partition coefficient (Wildman–Crippen LogP) is 2.62. The summed E-state index contributed by atoms with van der Waals surface area (Å²) in [5.74, 6) is 0.829. The standard InChI is InChI=1S/C13H13ClN6O/c1-8(2)21-12-4-3-10(5-11(12)14)16-7-9(6-15)13-17-19-20-18-13/h3-5,7-8,16H,1-2H3,(H,17,18,19,20). The van der Waals surface area contributed by atoms with Crippen LogP contribution in [-0.4, -0.2) is 26.7 Å². The molecule has 2 aromatic rings. The van der Waals surface area contributed by atoms with Crippen LogP contribution in [0.3, 0.4) is 0 Å². The van der Waals surface area contributed by atoms with Gasteiger partial charge in [-0.1, -0.05) is 11.6 Å². The van der Waals surface area contributed by atoms with Crippen molar-refractivity contribution in [3.05, 3.63) is 35.2 Å². The molecule has 0 aliphatic heterocycles. The zero-order valence-corrected chi connectivity index (χ0v) is 12.2. The van der Waals surface area contributed by atoms with Gasteiger partial charge in [0.2, 0.25) is 5.82 Å². The van der Waals surface area contributed by atoms with Crippen molar-refractivity contribution >= 4 is 22.9 Å². The first-order valence-electron chi connectivity index (χ1n) is 6.17.